The molecular formula is C23H34N2O2. The van der Waals surface area contributed by atoms with Crippen molar-refractivity contribution in [3.63, 3.8) is 0 Å². The molecule has 2 N–H and O–H groups in total. The Balaban J connectivity index is 1.61. The Hall–Kier alpha value is -2.20. The van der Waals surface area contributed by atoms with E-state index in [4.69, 9.17) is 9.47 Å². The summed E-state index contributed by atoms with van der Waals surface area (Å²) in [6, 6.07) is 16.5. The molecule has 4 nitrogen and oxygen atoms in total. The van der Waals surface area contributed by atoms with Crippen molar-refractivity contribution in [3.8, 4) is 11.5 Å². The summed E-state index contributed by atoms with van der Waals surface area (Å²) in [6.45, 7) is 11.9. The average Bonchev–Trinajstić information content (AvgIpc) is 2.63. The number of hydrogen-bond acceptors (Lipinski definition) is 4. The zero-order valence-electron chi connectivity index (χ0n) is 17.1. The Kier molecular flexibility index (Phi) is 8.99. The smallest absolute Gasteiger partial charge is 0.119 e. The Morgan fingerprint density at radius 3 is 2.11 bits per heavy atom. The maximum atomic E-state index is 5.74. The van der Waals surface area contributed by atoms with Gasteiger partial charge in [-0.05, 0) is 68.1 Å². The second-order valence-electron chi connectivity index (χ2n) is 7.47. The highest BCUT2D eigenvalue weighted by atomic mass is 16.5. The van der Waals surface area contributed by atoms with Crippen molar-refractivity contribution >= 4 is 5.69 Å². The van der Waals surface area contributed by atoms with E-state index in [0.717, 1.165) is 49.8 Å². The number of anilines is 1. The lowest BCUT2D eigenvalue weighted by molar-refractivity contribution is 0.242. The summed E-state index contributed by atoms with van der Waals surface area (Å²) in [5.74, 6) is 2.53. The molecule has 0 bridgehead atoms. The molecule has 148 valence electrons. The van der Waals surface area contributed by atoms with Gasteiger partial charge in [0.15, 0.2) is 0 Å². The third kappa shape index (κ3) is 8.83. The van der Waals surface area contributed by atoms with Gasteiger partial charge in [0.2, 0.25) is 0 Å². The van der Waals surface area contributed by atoms with Crippen LogP contribution < -0.4 is 20.1 Å². The van der Waals surface area contributed by atoms with Gasteiger partial charge in [0.05, 0.1) is 12.7 Å². The molecular weight excluding hydrogens is 336 g/mol. The Morgan fingerprint density at radius 1 is 0.815 bits per heavy atom. The minimum absolute atomic E-state index is 0.209. The molecule has 0 saturated carbocycles. The van der Waals surface area contributed by atoms with Gasteiger partial charge < -0.3 is 20.1 Å². The molecule has 27 heavy (non-hydrogen) atoms. The Morgan fingerprint density at radius 2 is 1.48 bits per heavy atom. The molecule has 0 saturated heterocycles. The van der Waals surface area contributed by atoms with Crippen molar-refractivity contribution in [1.82, 2.24) is 5.32 Å². The highest BCUT2D eigenvalue weighted by molar-refractivity contribution is 5.46. The van der Waals surface area contributed by atoms with E-state index in [-0.39, 0.29) is 6.10 Å². The zero-order chi connectivity index (χ0) is 19.5. The number of ether oxygens (including phenoxy) is 2. The molecule has 2 aromatic rings. The van der Waals surface area contributed by atoms with Crippen LogP contribution in [-0.2, 0) is 6.54 Å². The standard InChI is InChI=1S/C23H34N2O2/c1-18(2)13-16-26-22-11-7-21(8-12-22)25-15-14-24-17-20-5-9-23(10-6-20)27-19(3)4/h5-12,18-19,24-25H,13-17H2,1-4H3. The third-order valence-electron chi connectivity index (χ3n) is 4.07. The molecule has 0 amide bonds. The van der Waals surface area contributed by atoms with Gasteiger partial charge in [-0.3, -0.25) is 0 Å². The molecule has 2 aromatic carbocycles. The molecule has 0 aliphatic carbocycles. The predicted molar refractivity (Wildman–Crippen MR) is 114 cm³/mol. The van der Waals surface area contributed by atoms with E-state index in [1.807, 2.05) is 38.1 Å². The Labute approximate surface area is 164 Å². The second-order valence-corrected chi connectivity index (χ2v) is 7.47. The van der Waals surface area contributed by atoms with Crippen molar-refractivity contribution in [2.45, 2.75) is 46.8 Å². The van der Waals surface area contributed by atoms with Crippen molar-refractivity contribution < 1.29 is 9.47 Å². The summed E-state index contributed by atoms with van der Waals surface area (Å²) in [4.78, 5) is 0. The van der Waals surface area contributed by atoms with E-state index >= 15 is 0 Å². The van der Waals surface area contributed by atoms with E-state index in [1.165, 1.54) is 5.56 Å². The first-order chi connectivity index (χ1) is 13.0. The fraction of sp³-hybridized carbons (Fsp3) is 0.478. The van der Waals surface area contributed by atoms with E-state index < -0.39 is 0 Å². The monoisotopic (exact) mass is 370 g/mol. The summed E-state index contributed by atoms with van der Waals surface area (Å²) < 4.78 is 11.4. The first-order valence-corrected chi connectivity index (χ1v) is 9.96. The van der Waals surface area contributed by atoms with Gasteiger partial charge >= 0.3 is 0 Å². The maximum Gasteiger partial charge on any atom is 0.119 e. The molecule has 0 aromatic heterocycles. The molecule has 0 atom stereocenters. The second kappa shape index (κ2) is 11.5. The number of hydrogen-bond donors (Lipinski definition) is 2. The first kappa shape index (κ1) is 21.1. The van der Waals surface area contributed by atoms with Crippen LogP contribution in [0, 0.1) is 5.92 Å². The molecule has 0 unspecified atom stereocenters. The van der Waals surface area contributed by atoms with Crippen LogP contribution in [0.2, 0.25) is 0 Å². The highest BCUT2D eigenvalue weighted by Crippen LogP contribution is 2.16. The molecule has 0 radical (unpaired) electrons. The van der Waals surface area contributed by atoms with Gasteiger partial charge in [-0.1, -0.05) is 26.0 Å². The lowest BCUT2D eigenvalue weighted by atomic mass is 10.1. The molecule has 0 aliphatic rings. The van der Waals surface area contributed by atoms with E-state index in [1.54, 1.807) is 0 Å². The predicted octanol–water partition coefficient (Wildman–Crippen LogP) is 5.10. The third-order valence-corrected chi connectivity index (χ3v) is 4.07. The quantitative estimate of drug-likeness (QED) is 0.510. The van der Waals surface area contributed by atoms with Crippen molar-refractivity contribution in [3.05, 3.63) is 54.1 Å². The van der Waals surface area contributed by atoms with Crippen LogP contribution in [0.5, 0.6) is 11.5 Å². The topological polar surface area (TPSA) is 42.5 Å². The summed E-state index contributed by atoms with van der Waals surface area (Å²) in [5, 5.41) is 6.88. The lowest BCUT2D eigenvalue weighted by Gasteiger charge is -2.11. The zero-order valence-corrected chi connectivity index (χ0v) is 17.1. The van der Waals surface area contributed by atoms with Crippen LogP contribution in [0.1, 0.15) is 39.7 Å². The fourth-order valence-electron chi connectivity index (χ4n) is 2.57. The molecule has 0 spiro atoms. The largest absolute Gasteiger partial charge is 0.494 e. The average molecular weight is 371 g/mol. The molecule has 4 heteroatoms. The van der Waals surface area contributed by atoms with Gasteiger partial charge in [-0.15, -0.1) is 0 Å². The van der Waals surface area contributed by atoms with Gasteiger partial charge in [0, 0.05) is 25.3 Å². The summed E-state index contributed by atoms with van der Waals surface area (Å²) >= 11 is 0. The highest BCUT2D eigenvalue weighted by Gasteiger charge is 1.99. The van der Waals surface area contributed by atoms with Crippen LogP contribution in [0.3, 0.4) is 0 Å². The van der Waals surface area contributed by atoms with Crippen molar-refractivity contribution in [2.24, 2.45) is 5.92 Å². The first-order valence-electron chi connectivity index (χ1n) is 9.96. The number of benzene rings is 2. The molecule has 0 heterocycles. The summed E-state index contributed by atoms with van der Waals surface area (Å²) in [5.41, 5.74) is 2.37. The van der Waals surface area contributed by atoms with Gasteiger partial charge in [-0.2, -0.15) is 0 Å². The lowest BCUT2D eigenvalue weighted by Crippen LogP contribution is -2.21. The Bertz CT molecular complexity index is 636. The van der Waals surface area contributed by atoms with Gasteiger partial charge in [0.1, 0.15) is 11.5 Å². The maximum absolute atomic E-state index is 5.74. The fourth-order valence-corrected chi connectivity index (χ4v) is 2.57. The minimum Gasteiger partial charge on any atom is -0.494 e. The van der Waals surface area contributed by atoms with E-state index in [0.29, 0.717) is 5.92 Å². The SMILES string of the molecule is CC(C)CCOc1ccc(NCCNCc2ccc(OC(C)C)cc2)cc1. The van der Waals surface area contributed by atoms with E-state index in [2.05, 4.69) is 48.7 Å². The molecule has 0 fully saturated rings. The van der Waals surface area contributed by atoms with Crippen LogP contribution >= 0.6 is 0 Å². The molecule has 0 aliphatic heterocycles. The van der Waals surface area contributed by atoms with Crippen LogP contribution in [0.15, 0.2) is 48.5 Å². The van der Waals surface area contributed by atoms with Crippen LogP contribution in [0.4, 0.5) is 5.69 Å². The van der Waals surface area contributed by atoms with Crippen molar-refractivity contribution in [1.29, 1.82) is 0 Å². The normalized spacial score (nSPS) is 11.0. The van der Waals surface area contributed by atoms with Crippen molar-refractivity contribution in [2.75, 3.05) is 25.0 Å². The van der Waals surface area contributed by atoms with Gasteiger partial charge in [-0.25, -0.2) is 0 Å². The minimum atomic E-state index is 0.209. The molecule has 2 rings (SSSR count). The van der Waals surface area contributed by atoms with Crippen LogP contribution in [-0.4, -0.2) is 25.8 Å². The summed E-state index contributed by atoms with van der Waals surface area (Å²) in [6.07, 6.45) is 1.29. The number of nitrogens with one attached hydrogen (secondary N) is 2. The van der Waals surface area contributed by atoms with Crippen LogP contribution in [0.25, 0.3) is 0 Å². The summed E-state index contributed by atoms with van der Waals surface area (Å²) in [7, 11) is 0. The number of rotatable bonds is 12. The van der Waals surface area contributed by atoms with Gasteiger partial charge in [0.25, 0.3) is 0 Å². The van der Waals surface area contributed by atoms with E-state index in [9.17, 15) is 0 Å².